The van der Waals surface area contributed by atoms with Gasteiger partial charge in [-0.3, -0.25) is 0 Å². The lowest BCUT2D eigenvalue weighted by molar-refractivity contribution is -0.141. The summed E-state index contributed by atoms with van der Waals surface area (Å²) in [6.07, 6.45) is 0.519. The number of rotatable bonds is 3. The fraction of sp³-hybridized carbons (Fsp3) is 0.714. The predicted molar refractivity (Wildman–Crippen MR) is 73.7 cm³/mol. The molecule has 7 heteroatoms. The van der Waals surface area contributed by atoms with Gasteiger partial charge in [0.2, 0.25) is 5.95 Å². The summed E-state index contributed by atoms with van der Waals surface area (Å²) in [7, 11) is 1.77. The molecule has 2 fully saturated rings. The molecule has 2 N–H and O–H groups in total. The van der Waals surface area contributed by atoms with Crippen molar-refractivity contribution in [3.8, 4) is 0 Å². The zero-order valence-electron chi connectivity index (χ0n) is 11.9. The number of anilines is 2. The summed E-state index contributed by atoms with van der Waals surface area (Å²) in [6.45, 7) is 0.731. The lowest BCUT2D eigenvalue weighted by Gasteiger charge is -2.28. The van der Waals surface area contributed by atoms with Crippen molar-refractivity contribution in [2.75, 3.05) is 24.2 Å². The summed E-state index contributed by atoms with van der Waals surface area (Å²) in [4.78, 5) is 8.99. The number of hydrogen-bond acceptors (Lipinski definition) is 4. The molecule has 3 rings (SSSR count). The Hall–Kier alpha value is -1.53. The summed E-state index contributed by atoms with van der Waals surface area (Å²) < 4.78 is 38.3. The second-order valence-electron chi connectivity index (χ2n) is 6.28. The van der Waals surface area contributed by atoms with E-state index >= 15 is 0 Å². The molecule has 3 unspecified atom stereocenters. The Morgan fingerprint density at radius 1 is 1.29 bits per heavy atom. The average Bonchev–Trinajstić information content (AvgIpc) is 2.99. The molecule has 0 amide bonds. The molecular formula is C14H19F3N4. The van der Waals surface area contributed by atoms with Crippen LogP contribution in [-0.4, -0.2) is 23.6 Å². The third kappa shape index (κ3) is 2.91. The van der Waals surface area contributed by atoms with E-state index in [0.29, 0.717) is 5.92 Å². The largest absolute Gasteiger partial charge is 0.433 e. The predicted octanol–water partition coefficient (Wildman–Crippen LogP) is 2.95. The van der Waals surface area contributed by atoms with Crippen LogP contribution in [-0.2, 0) is 6.18 Å². The number of halogens is 3. The standard InChI is InChI=1S/C14H19F3N4/c1-21(7-10-5-8-2-3-9(10)4-8)12-6-11(14(15,16)17)19-13(18)20-12/h6,8-10H,2-5,7H2,1H3,(H2,18,19,20). The number of fused-ring (bicyclic) bond motifs is 2. The first kappa shape index (κ1) is 14.4. The lowest BCUT2D eigenvalue weighted by atomic mass is 9.88. The van der Waals surface area contributed by atoms with Gasteiger partial charge < -0.3 is 10.6 Å². The molecule has 0 aliphatic heterocycles. The topological polar surface area (TPSA) is 55.0 Å². The monoisotopic (exact) mass is 300 g/mol. The van der Waals surface area contributed by atoms with E-state index in [9.17, 15) is 13.2 Å². The molecule has 1 aromatic heterocycles. The molecule has 3 atom stereocenters. The van der Waals surface area contributed by atoms with Crippen molar-refractivity contribution in [1.82, 2.24) is 9.97 Å². The van der Waals surface area contributed by atoms with Gasteiger partial charge in [0, 0.05) is 19.7 Å². The molecule has 2 aliphatic carbocycles. The summed E-state index contributed by atoms with van der Waals surface area (Å²) in [5, 5.41) is 0. The minimum absolute atomic E-state index is 0.248. The summed E-state index contributed by atoms with van der Waals surface area (Å²) >= 11 is 0. The highest BCUT2D eigenvalue weighted by Gasteiger charge is 2.40. The van der Waals surface area contributed by atoms with E-state index in [1.807, 2.05) is 0 Å². The third-order valence-corrected chi connectivity index (χ3v) is 4.80. The molecule has 4 nitrogen and oxygen atoms in total. The highest BCUT2D eigenvalue weighted by Crippen LogP contribution is 2.48. The van der Waals surface area contributed by atoms with Crippen molar-refractivity contribution >= 4 is 11.8 Å². The third-order valence-electron chi connectivity index (χ3n) is 4.80. The molecular weight excluding hydrogens is 281 g/mol. The summed E-state index contributed by atoms with van der Waals surface area (Å²) in [5.41, 5.74) is 4.43. The van der Waals surface area contributed by atoms with Crippen LogP contribution in [0.3, 0.4) is 0 Å². The molecule has 1 aromatic rings. The minimum atomic E-state index is -4.50. The molecule has 2 bridgehead atoms. The number of nitrogen functional groups attached to an aromatic ring is 1. The van der Waals surface area contributed by atoms with Crippen molar-refractivity contribution in [2.24, 2.45) is 17.8 Å². The number of nitrogens with zero attached hydrogens (tertiary/aromatic N) is 3. The number of nitrogens with two attached hydrogens (primary N) is 1. The molecule has 0 saturated heterocycles. The zero-order valence-corrected chi connectivity index (χ0v) is 11.9. The van der Waals surface area contributed by atoms with E-state index in [1.165, 1.54) is 25.7 Å². The lowest BCUT2D eigenvalue weighted by Crippen LogP contribution is -2.29. The molecule has 21 heavy (non-hydrogen) atoms. The summed E-state index contributed by atoms with van der Waals surface area (Å²) in [6, 6.07) is 0.976. The molecule has 2 aliphatic rings. The molecule has 2 saturated carbocycles. The van der Waals surface area contributed by atoms with Gasteiger partial charge in [-0.05, 0) is 37.0 Å². The maximum atomic E-state index is 12.8. The van der Waals surface area contributed by atoms with Crippen LogP contribution in [0.15, 0.2) is 6.07 Å². The van der Waals surface area contributed by atoms with E-state index in [-0.39, 0.29) is 11.8 Å². The quantitative estimate of drug-likeness (QED) is 0.932. The Kier molecular flexibility index (Phi) is 3.45. The maximum absolute atomic E-state index is 12.8. The van der Waals surface area contributed by atoms with Crippen molar-refractivity contribution in [2.45, 2.75) is 31.9 Å². The number of alkyl halides is 3. The van der Waals surface area contributed by atoms with Crippen LogP contribution in [0.2, 0.25) is 0 Å². The Morgan fingerprint density at radius 3 is 2.62 bits per heavy atom. The molecule has 0 radical (unpaired) electrons. The maximum Gasteiger partial charge on any atom is 0.433 e. The van der Waals surface area contributed by atoms with Crippen LogP contribution < -0.4 is 10.6 Å². The number of aromatic nitrogens is 2. The average molecular weight is 300 g/mol. The molecule has 0 aromatic carbocycles. The van der Waals surface area contributed by atoms with Crippen LogP contribution in [0.4, 0.5) is 24.9 Å². The summed E-state index contributed by atoms with van der Waals surface area (Å²) in [5.74, 6) is 2.00. The second-order valence-corrected chi connectivity index (χ2v) is 6.28. The van der Waals surface area contributed by atoms with Gasteiger partial charge in [0.25, 0.3) is 0 Å². The SMILES string of the molecule is CN(CC1CC2CCC1C2)c1cc(C(F)(F)F)nc(N)n1. The fourth-order valence-corrected chi connectivity index (χ4v) is 3.84. The van der Waals surface area contributed by atoms with Crippen LogP contribution >= 0.6 is 0 Å². The van der Waals surface area contributed by atoms with Gasteiger partial charge >= 0.3 is 6.18 Å². The number of hydrogen-bond donors (Lipinski definition) is 1. The molecule has 1 heterocycles. The molecule has 116 valence electrons. The smallest absolute Gasteiger partial charge is 0.368 e. The molecule has 0 spiro atoms. The fourth-order valence-electron chi connectivity index (χ4n) is 3.84. The first-order valence-corrected chi connectivity index (χ1v) is 7.26. The minimum Gasteiger partial charge on any atom is -0.368 e. The second kappa shape index (κ2) is 5.03. The van der Waals surface area contributed by atoms with Crippen LogP contribution in [0.25, 0.3) is 0 Å². The Bertz CT molecular complexity index is 531. The Labute approximate surface area is 121 Å². The first-order valence-electron chi connectivity index (χ1n) is 7.26. The van der Waals surface area contributed by atoms with E-state index < -0.39 is 11.9 Å². The van der Waals surface area contributed by atoms with E-state index in [4.69, 9.17) is 5.73 Å². The van der Waals surface area contributed by atoms with Gasteiger partial charge in [0.05, 0.1) is 0 Å². The van der Waals surface area contributed by atoms with Gasteiger partial charge in [-0.25, -0.2) is 4.98 Å². The van der Waals surface area contributed by atoms with Crippen LogP contribution in [0.5, 0.6) is 0 Å². The van der Waals surface area contributed by atoms with Crippen LogP contribution in [0, 0.1) is 17.8 Å². The van der Waals surface area contributed by atoms with E-state index in [1.54, 1.807) is 11.9 Å². The van der Waals surface area contributed by atoms with Gasteiger partial charge in [0.15, 0.2) is 5.69 Å². The van der Waals surface area contributed by atoms with Gasteiger partial charge in [-0.15, -0.1) is 0 Å². The van der Waals surface area contributed by atoms with Crippen molar-refractivity contribution < 1.29 is 13.2 Å². The van der Waals surface area contributed by atoms with Gasteiger partial charge in [0.1, 0.15) is 5.82 Å². The van der Waals surface area contributed by atoms with Crippen LogP contribution in [0.1, 0.15) is 31.4 Å². The Morgan fingerprint density at radius 2 is 2.05 bits per heavy atom. The first-order chi connectivity index (χ1) is 9.83. The zero-order chi connectivity index (χ0) is 15.2. The van der Waals surface area contributed by atoms with E-state index in [2.05, 4.69) is 9.97 Å². The van der Waals surface area contributed by atoms with E-state index in [0.717, 1.165) is 24.4 Å². The highest BCUT2D eigenvalue weighted by molar-refractivity contribution is 5.43. The van der Waals surface area contributed by atoms with Crippen molar-refractivity contribution in [3.63, 3.8) is 0 Å². The Balaban J connectivity index is 1.75. The van der Waals surface area contributed by atoms with Gasteiger partial charge in [-0.1, -0.05) is 6.42 Å². The normalized spacial score (nSPS) is 28.1. The highest BCUT2D eigenvalue weighted by atomic mass is 19.4. The van der Waals surface area contributed by atoms with Crippen molar-refractivity contribution in [1.29, 1.82) is 0 Å². The van der Waals surface area contributed by atoms with Crippen molar-refractivity contribution in [3.05, 3.63) is 11.8 Å². The van der Waals surface area contributed by atoms with Gasteiger partial charge in [-0.2, -0.15) is 18.2 Å².